The second kappa shape index (κ2) is 8.37. The molecule has 138 valence electrons. The molecule has 0 atom stereocenters. The Morgan fingerprint density at radius 1 is 1.08 bits per heavy atom. The largest absolute Gasteiger partial charge is 0.490 e. The van der Waals surface area contributed by atoms with Crippen molar-refractivity contribution in [1.82, 2.24) is 5.32 Å². The number of anilines is 1. The molecular weight excluding hydrogens is 346 g/mol. The van der Waals surface area contributed by atoms with Crippen LogP contribution < -0.4 is 24.8 Å². The number of carbonyl (C=O) groups is 1. The molecule has 0 fully saturated rings. The Morgan fingerprint density at radius 2 is 1.81 bits per heavy atom. The summed E-state index contributed by atoms with van der Waals surface area (Å²) in [5.74, 6) is 1.31. The maximum atomic E-state index is 12.1. The van der Waals surface area contributed by atoms with Crippen molar-refractivity contribution < 1.29 is 27.8 Å². The van der Waals surface area contributed by atoms with Crippen LogP contribution in [0.3, 0.4) is 0 Å². The number of rotatable bonds is 5. The Bertz CT molecular complexity index is 753. The van der Waals surface area contributed by atoms with Gasteiger partial charge in [-0.1, -0.05) is 12.1 Å². The molecule has 0 bridgehead atoms. The summed E-state index contributed by atoms with van der Waals surface area (Å²) in [6.45, 7) is -1.46. The van der Waals surface area contributed by atoms with Gasteiger partial charge in [0.15, 0.2) is 11.5 Å². The number of carbonyl (C=O) groups excluding carboxylic acids is 1. The van der Waals surface area contributed by atoms with Gasteiger partial charge in [-0.2, -0.15) is 8.78 Å². The highest BCUT2D eigenvalue weighted by atomic mass is 19.3. The number of amides is 2. The fourth-order valence-corrected chi connectivity index (χ4v) is 2.39. The molecule has 0 spiro atoms. The first-order chi connectivity index (χ1) is 12.6. The van der Waals surface area contributed by atoms with Gasteiger partial charge in [0.05, 0.1) is 13.2 Å². The quantitative estimate of drug-likeness (QED) is 0.847. The molecule has 1 aliphatic heterocycles. The normalized spacial score (nSPS) is 13.0. The fraction of sp³-hybridized carbons (Fsp3) is 0.278. The van der Waals surface area contributed by atoms with E-state index in [1.54, 1.807) is 30.3 Å². The zero-order valence-corrected chi connectivity index (χ0v) is 13.8. The number of halogens is 2. The molecule has 1 aliphatic rings. The van der Waals surface area contributed by atoms with Crippen LogP contribution in [0.25, 0.3) is 0 Å². The average molecular weight is 364 g/mol. The van der Waals surface area contributed by atoms with Crippen LogP contribution in [0.4, 0.5) is 19.3 Å². The number of hydrogen-bond donors (Lipinski definition) is 2. The minimum Gasteiger partial charge on any atom is -0.490 e. The number of hydrogen-bond acceptors (Lipinski definition) is 4. The van der Waals surface area contributed by atoms with Gasteiger partial charge in [0.2, 0.25) is 0 Å². The van der Waals surface area contributed by atoms with E-state index < -0.39 is 12.6 Å². The molecule has 0 radical (unpaired) electrons. The lowest BCUT2D eigenvalue weighted by Gasteiger charge is -2.11. The van der Waals surface area contributed by atoms with Crippen LogP contribution in [0.2, 0.25) is 0 Å². The maximum Gasteiger partial charge on any atom is 0.387 e. The van der Waals surface area contributed by atoms with Gasteiger partial charge < -0.3 is 24.8 Å². The first kappa shape index (κ1) is 17.8. The van der Waals surface area contributed by atoms with Crippen LogP contribution >= 0.6 is 0 Å². The second-order valence-electron chi connectivity index (χ2n) is 5.54. The van der Waals surface area contributed by atoms with Crippen LogP contribution in [0.5, 0.6) is 17.2 Å². The van der Waals surface area contributed by atoms with E-state index in [-0.39, 0.29) is 12.3 Å². The number of fused-ring (bicyclic) bond motifs is 1. The third-order valence-corrected chi connectivity index (χ3v) is 3.61. The van der Waals surface area contributed by atoms with Gasteiger partial charge in [-0.15, -0.1) is 0 Å². The number of ether oxygens (including phenoxy) is 3. The Balaban J connectivity index is 1.52. The Morgan fingerprint density at radius 3 is 2.54 bits per heavy atom. The van der Waals surface area contributed by atoms with Crippen molar-refractivity contribution in [2.75, 3.05) is 18.5 Å². The minimum atomic E-state index is -2.86. The molecular formula is C18H18F2N2O4. The third-order valence-electron chi connectivity index (χ3n) is 3.61. The summed E-state index contributed by atoms with van der Waals surface area (Å²) >= 11 is 0. The van der Waals surface area contributed by atoms with Crippen molar-refractivity contribution >= 4 is 11.7 Å². The monoisotopic (exact) mass is 364 g/mol. The van der Waals surface area contributed by atoms with Gasteiger partial charge in [-0.25, -0.2) is 4.79 Å². The molecule has 2 aromatic carbocycles. The molecule has 2 aromatic rings. The summed E-state index contributed by atoms with van der Waals surface area (Å²) < 4.78 is 39.6. The summed E-state index contributed by atoms with van der Waals surface area (Å²) in [4.78, 5) is 12.0. The fourth-order valence-electron chi connectivity index (χ4n) is 2.39. The summed E-state index contributed by atoms with van der Waals surface area (Å²) in [5, 5.41) is 5.40. The Labute approximate surface area is 149 Å². The van der Waals surface area contributed by atoms with Crippen molar-refractivity contribution in [3.63, 3.8) is 0 Å². The summed E-state index contributed by atoms with van der Waals surface area (Å²) in [6.07, 6.45) is 0.805. The molecule has 6 nitrogen and oxygen atoms in total. The van der Waals surface area contributed by atoms with Crippen molar-refractivity contribution in [2.24, 2.45) is 0 Å². The molecule has 3 rings (SSSR count). The number of nitrogens with one attached hydrogen (secondary N) is 2. The lowest BCUT2D eigenvalue weighted by Crippen LogP contribution is -2.28. The predicted octanol–water partition coefficient (Wildman–Crippen LogP) is 3.77. The number of urea groups is 1. The van der Waals surface area contributed by atoms with Crippen LogP contribution in [0.15, 0.2) is 42.5 Å². The van der Waals surface area contributed by atoms with Gasteiger partial charge in [-0.3, -0.25) is 0 Å². The summed E-state index contributed by atoms with van der Waals surface area (Å²) in [7, 11) is 0. The molecule has 0 saturated heterocycles. The van der Waals surface area contributed by atoms with Gasteiger partial charge in [0, 0.05) is 24.7 Å². The lowest BCUT2D eigenvalue weighted by molar-refractivity contribution is -0.0498. The molecule has 0 aromatic heterocycles. The standard InChI is InChI=1S/C18H18F2N2O4/c19-17(20)26-14-5-2-12(3-6-14)11-21-18(23)22-13-4-7-15-16(10-13)25-9-1-8-24-15/h2-7,10,17H,1,8-9,11H2,(H2,21,22,23). The van der Waals surface area contributed by atoms with Gasteiger partial charge in [0.25, 0.3) is 0 Å². The first-order valence-corrected chi connectivity index (χ1v) is 8.08. The molecule has 8 heteroatoms. The minimum absolute atomic E-state index is 0.0698. The molecule has 1 heterocycles. The maximum absolute atomic E-state index is 12.1. The topological polar surface area (TPSA) is 68.8 Å². The van der Waals surface area contributed by atoms with Crippen LogP contribution in [0, 0.1) is 0 Å². The molecule has 0 saturated carbocycles. The van der Waals surface area contributed by atoms with Crippen molar-refractivity contribution in [2.45, 2.75) is 19.6 Å². The Hall–Kier alpha value is -3.03. The Kier molecular flexibility index (Phi) is 5.73. The zero-order valence-electron chi connectivity index (χ0n) is 13.8. The third kappa shape index (κ3) is 4.98. The van der Waals surface area contributed by atoms with Gasteiger partial charge in [-0.05, 0) is 29.8 Å². The van der Waals surface area contributed by atoms with Crippen LogP contribution in [-0.2, 0) is 6.54 Å². The van der Waals surface area contributed by atoms with Crippen LogP contribution in [0.1, 0.15) is 12.0 Å². The smallest absolute Gasteiger partial charge is 0.387 e. The summed E-state index contributed by atoms with van der Waals surface area (Å²) in [5.41, 5.74) is 1.33. The highest BCUT2D eigenvalue weighted by molar-refractivity contribution is 5.89. The van der Waals surface area contributed by atoms with E-state index in [2.05, 4.69) is 15.4 Å². The van der Waals surface area contributed by atoms with Gasteiger partial charge in [0.1, 0.15) is 5.75 Å². The SMILES string of the molecule is O=C(NCc1ccc(OC(F)F)cc1)Nc1ccc2c(c1)OCCCO2. The molecule has 26 heavy (non-hydrogen) atoms. The van der Waals surface area contributed by atoms with Gasteiger partial charge >= 0.3 is 12.6 Å². The first-order valence-electron chi connectivity index (χ1n) is 8.08. The van der Waals surface area contributed by atoms with E-state index in [1.807, 2.05) is 0 Å². The van der Waals surface area contributed by atoms with E-state index in [0.717, 1.165) is 12.0 Å². The summed E-state index contributed by atoms with van der Waals surface area (Å²) in [6, 6.07) is 10.8. The second-order valence-corrected chi connectivity index (χ2v) is 5.54. The van der Waals surface area contributed by atoms with E-state index >= 15 is 0 Å². The lowest BCUT2D eigenvalue weighted by atomic mass is 10.2. The van der Waals surface area contributed by atoms with Crippen molar-refractivity contribution in [1.29, 1.82) is 0 Å². The number of alkyl halides is 2. The zero-order chi connectivity index (χ0) is 18.4. The average Bonchev–Trinajstić information content (AvgIpc) is 2.85. The van der Waals surface area contributed by atoms with Crippen molar-refractivity contribution in [3.05, 3.63) is 48.0 Å². The molecule has 2 N–H and O–H groups in total. The van der Waals surface area contributed by atoms with E-state index in [1.165, 1.54) is 12.1 Å². The van der Waals surface area contributed by atoms with E-state index in [9.17, 15) is 13.6 Å². The molecule has 2 amide bonds. The highest BCUT2D eigenvalue weighted by Crippen LogP contribution is 2.32. The number of benzene rings is 2. The predicted molar refractivity (Wildman–Crippen MR) is 91.0 cm³/mol. The van der Waals surface area contributed by atoms with E-state index in [0.29, 0.717) is 30.4 Å². The van der Waals surface area contributed by atoms with Crippen molar-refractivity contribution in [3.8, 4) is 17.2 Å². The highest BCUT2D eigenvalue weighted by Gasteiger charge is 2.12. The molecule has 0 aliphatic carbocycles. The van der Waals surface area contributed by atoms with E-state index in [4.69, 9.17) is 9.47 Å². The molecule has 0 unspecified atom stereocenters. The van der Waals surface area contributed by atoms with Crippen LogP contribution in [-0.4, -0.2) is 25.9 Å².